The Kier molecular flexibility index (Phi) is 2.61. The van der Waals surface area contributed by atoms with Crippen molar-refractivity contribution in [3.8, 4) is 0 Å². The van der Waals surface area contributed by atoms with Crippen molar-refractivity contribution in [1.82, 2.24) is 14.9 Å². The first-order valence-electron chi connectivity index (χ1n) is 4.84. The second kappa shape index (κ2) is 3.77. The number of aromatic nitrogens is 2. The van der Waals surface area contributed by atoms with Crippen molar-refractivity contribution in [1.29, 1.82) is 0 Å². The van der Waals surface area contributed by atoms with Crippen LogP contribution in [0.4, 0.5) is 0 Å². The molecule has 2 rings (SSSR count). The van der Waals surface area contributed by atoms with Crippen molar-refractivity contribution >= 4 is 18.0 Å². The van der Waals surface area contributed by atoms with Crippen molar-refractivity contribution in [2.24, 2.45) is 0 Å². The van der Waals surface area contributed by atoms with E-state index in [-0.39, 0.29) is 6.04 Å². The van der Waals surface area contributed by atoms with Gasteiger partial charge >= 0.3 is 0 Å². The molecule has 0 N–H and O–H groups in total. The molecule has 0 fully saturated rings. The van der Waals surface area contributed by atoms with Crippen molar-refractivity contribution in [2.75, 3.05) is 0 Å². The number of aryl methyl sites for hydroxylation is 1. The summed E-state index contributed by atoms with van der Waals surface area (Å²) in [5, 5.41) is 0.523. The maximum Gasteiger partial charge on any atom is 0.210 e. The number of fused-ring (bicyclic) bond motifs is 1. The average Bonchev–Trinajstić information content (AvgIpc) is 2.18. The maximum absolute atomic E-state index is 10.8. The molecule has 5 heteroatoms. The molecule has 0 spiro atoms. The molecule has 80 valence electrons. The number of carbonyl (C=O) groups is 1. The molecule has 1 atom stereocenters. The molecule has 0 saturated carbocycles. The van der Waals surface area contributed by atoms with Gasteiger partial charge in [-0.3, -0.25) is 4.79 Å². The Morgan fingerprint density at radius 3 is 2.93 bits per heavy atom. The fourth-order valence-electron chi connectivity index (χ4n) is 1.83. The Balaban J connectivity index is 2.44. The highest BCUT2D eigenvalue weighted by Gasteiger charge is 2.25. The second-order valence-electron chi connectivity index (χ2n) is 3.82. The third kappa shape index (κ3) is 1.81. The number of hydrogen-bond donors (Lipinski definition) is 0. The highest BCUT2D eigenvalue weighted by atomic mass is 35.5. The van der Waals surface area contributed by atoms with Crippen LogP contribution in [0.15, 0.2) is 0 Å². The molecule has 0 radical (unpaired) electrons. The van der Waals surface area contributed by atoms with Gasteiger partial charge in [-0.05, 0) is 20.3 Å². The summed E-state index contributed by atoms with van der Waals surface area (Å²) in [6, 6.07) is 0.166. The SMILES string of the molecule is Cc1nc(Cl)c2c(n1)CN(C=O)C(C)C2. The van der Waals surface area contributed by atoms with Crippen LogP contribution in [-0.4, -0.2) is 27.3 Å². The topological polar surface area (TPSA) is 46.1 Å². The van der Waals surface area contributed by atoms with Gasteiger partial charge in [0.1, 0.15) is 11.0 Å². The van der Waals surface area contributed by atoms with Gasteiger partial charge in [0.2, 0.25) is 6.41 Å². The van der Waals surface area contributed by atoms with Crippen LogP contribution >= 0.6 is 11.6 Å². The van der Waals surface area contributed by atoms with Crippen LogP contribution in [0, 0.1) is 6.92 Å². The third-order valence-corrected chi connectivity index (χ3v) is 3.00. The molecular formula is C10H12ClN3O. The average molecular weight is 226 g/mol. The summed E-state index contributed by atoms with van der Waals surface area (Å²) in [4.78, 5) is 21.0. The van der Waals surface area contributed by atoms with Gasteiger partial charge in [0.15, 0.2) is 0 Å². The van der Waals surface area contributed by atoms with Crippen LogP contribution in [0.25, 0.3) is 0 Å². The lowest BCUT2D eigenvalue weighted by molar-refractivity contribution is -0.120. The first kappa shape index (κ1) is 10.4. The Morgan fingerprint density at radius 1 is 1.53 bits per heavy atom. The van der Waals surface area contributed by atoms with Gasteiger partial charge in [-0.2, -0.15) is 0 Å². The smallest absolute Gasteiger partial charge is 0.210 e. The van der Waals surface area contributed by atoms with E-state index in [9.17, 15) is 4.79 Å². The van der Waals surface area contributed by atoms with Gasteiger partial charge in [0, 0.05) is 11.6 Å². The van der Waals surface area contributed by atoms with E-state index < -0.39 is 0 Å². The van der Waals surface area contributed by atoms with Crippen molar-refractivity contribution in [2.45, 2.75) is 32.9 Å². The Morgan fingerprint density at radius 2 is 2.27 bits per heavy atom. The van der Waals surface area contributed by atoms with E-state index in [2.05, 4.69) is 9.97 Å². The molecule has 2 heterocycles. The van der Waals surface area contributed by atoms with Crippen molar-refractivity contribution < 1.29 is 4.79 Å². The van der Waals surface area contributed by atoms with E-state index >= 15 is 0 Å². The predicted octanol–water partition coefficient (Wildman–Crippen LogP) is 1.34. The predicted molar refractivity (Wildman–Crippen MR) is 56.6 cm³/mol. The summed E-state index contributed by atoms with van der Waals surface area (Å²) in [6.07, 6.45) is 1.59. The van der Waals surface area contributed by atoms with Gasteiger partial charge in [0.05, 0.1) is 12.2 Å². The van der Waals surface area contributed by atoms with Crippen LogP contribution in [-0.2, 0) is 17.8 Å². The zero-order valence-electron chi connectivity index (χ0n) is 8.70. The van der Waals surface area contributed by atoms with Gasteiger partial charge in [-0.25, -0.2) is 9.97 Å². The molecule has 15 heavy (non-hydrogen) atoms. The Hall–Kier alpha value is -1.16. The number of amides is 1. The monoisotopic (exact) mass is 225 g/mol. The Bertz CT molecular complexity index is 408. The first-order valence-corrected chi connectivity index (χ1v) is 5.22. The molecule has 1 amide bonds. The fourth-order valence-corrected chi connectivity index (χ4v) is 2.14. The zero-order valence-corrected chi connectivity index (χ0v) is 9.45. The molecule has 0 saturated heterocycles. The lowest BCUT2D eigenvalue weighted by atomic mass is 10.0. The molecule has 1 unspecified atom stereocenters. The number of rotatable bonds is 1. The Labute approximate surface area is 93.3 Å². The highest BCUT2D eigenvalue weighted by molar-refractivity contribution is 6.30. The summed E-state index contributed by atoms with van der Waals surface area (Å²) in [7, 11) is 0. The first-order chi connectivity index (χ1) is 7.11. The zero-order chi connectivity index (χ0) is 11.0. The second-order valence-corrected chi connectivity index (χ2v) is 4.18. The lowest BCUT2D eigenvalue weighted by Gasteiger charge is -2.31. The molecular weight excluding hydrogens is 214 g/mol. The van der Waals surface area contributed by atoms with Crippen LogP contribution < -0.4 is 0 Å². The van der Waals surface area contributed by atoms with Crippen LogP contribution in [0.5, 0.6) is 0 Å². The summed E-state index contributed by atoms with van der Waals surface area (Å²) < 4.78 is 0. The summed E-state index contributed by atoms with van der Waals surface area (Å²) >= 11 is 6.05. The molecule has 0 aliphatic carbocycles. The van der Waals surface area contributed by atoms with Crippen LogP contribution in [0.3, 0.4) is 0 Å². The van der Waals surface area contributed by atoms with Crippen LogP contribution in [0.1, 0.15) is 24.0 Å². The molecule has 1 aromatic heterocycles. The third-order valence-electron chi connectivity index (χ3n) is 2.69. The van der Waals surface area contributed by atoms with Gasteiger partial charge in [-0.1, -0.05) is 11.6 Å². The van der Waals surface area contributed by atoms with Gasteiger partial charge < -0.3 is 4.90 Å². The van der Waals surface area contributed by atoms with E-state index in [1.807, 2.05) is 6.92 Å². The fraction of sp³-hybridized carbons (Fsp3) is 0.500. The van der Waals surface area contributed by atoms with Gasteiger partial charge in [0.25, 0.3) is 0 Å². The molecule has 4 nitrogen and oxygen atoms in total. The van der Waals surface area contributed by atoms with Crippen molar-refractivity contribution in [3.05, 3.63) is 22.2 Å². The normalized spacial score (nSPS) is 19.9. The molecule has 1 aliphatic rings. The molecule has 1 aliphatic heterocycles. The standard InChI is InChI=1S/C10H12ClN3O/c1-6-3-8-9(4-14(6)5-15)12-7(2)13-10(8)11/h5-6H,3-4H2,1-2H3. The van der Waals surface area contributed by atoms with E-state index in [1.165, 1.54) is 0 Å². The number of nitrogens with zero attached hydrogens (tertiary/aromatic N) is 3. The maximum atomic E-state index is 10.8. The van der Waals surface area contributed by atoms with Crippen LogP contribution in [0.2, 0.25) is 5.15 Å². The number of carbonyl (C=O) groups excluding carboxylic acids is 1. The lowest BCUT2D eigenvalue weighted by Crippen LogP contribution is -2.38. The van der Waals surface area contributed by atoms with Gasteiger partial charge in [-0.15, -0.1) is 0 Å². The number of halogens is 1. The number of hydrogen-bond acceptors (Lipinski definition) is 3. The van der Waals surface area contributed by atoms with Crippen molar-refractivity contribution in [3.63, 3.8) is 0 Å². The minimum absolute atomic E-state index is 0.166. The van der Waals surface area contributed by atoms with E-state index in [4.69, 9.17) is 11.6 Å². The molecule has 0 bridgehead atoms. The van der Waals surface area contributed by atoms with E-state index in [0.717, 1.165) is 24.1 Å². The van der Waals surface area contributed by atoms with E-state index in [1.54, 1.807) is 11.8 Å². The molecule has 1 aromatic rings. The largest absolute Gasteiger partial charge is 0.336 e. The summed E-state index contributed by atoms with van der Waals surface area (Å²) in [6.45, 7) is 4.33. The minimum Gasteiger partial charge on any atom is -0.336 e. The molecule has 0 aromatic carbocycles. The minimum atomic E-state index is 0.166. The van der Waals surface area contributed by atoms with E-state index in [0.29, 0.717) is 17.5 Å². The summed E-state index contributed by atoms with van der Waals surface area (Å²) in [5.74, 6) is 0.652. The quantitative estimate of drug-likeness (QED) is 0.535. The summed E-state index contributed by atoms with van der Waals surface area (Å²) in [5.41, 5.74) is 1.85. The highest BCUT2D eigenvalue weighted by Crippen LogP contribution is 2.25.